The Bertz CT molecular complexity index is 1020. The summed E-state index contributed by atoms with van der Waals surface area (Å²) in [5.41, 5.74) is 0. The van der Waals surface area contributed by atoms with E-state index >= 15 is 0 Å². The van der Waals surface area contributed by atoms with E-state index in [0.29, 0.717) is 6.42 Å². The molecule has 1 amide bonds. The van der Waals surface area contributed by atoms with Gasteiger partial charge in [-0.3, -0.25) is 4.79 Å². The van der Waals surface area contributed by atoms with E-state index in [1.807, 2.05) is 6.08 Å². The van der Waals surface area contributed by atoms with Gasteiger partial charge in [0, 0.05) is 6.42 Å². The Morgan fingerprint density at radius 2 is 0.746 bits per heavy atom. The second kappa shape index (κ2) is 50.2. The molecule has 0 bridgehead atoms. The first kappa shape index (κ1) is 56.8. The van der Waals surface area contributed by atoms with Gasteiger partial charge in [-0.25, -0.2) is 0 Å². The van der Waals surface area contributed by atoms with Crippen LogP contribution in [0.1, 0.15) is 251 Å². The fourth-order valence-electron chi connectivity index (χ4n) is 7.57. The maximum absolute atomic E-state index is 12.4. The van der Waals surface area contributed by atoms with Crippen LogP contribution in [0, 0.1) is 0 Å². The minimum Gasteiger partial charge on any atom is -0.394 e. The number of aliphatic hydroxyl groups is 2. The summed E-state index contributed by atoms with van der Waals surface area (Å²) in [6, 6.07) is -0.656. The van der Waals surface area contributed by atoms with Crippen LogP contribution >= 0.6 is 0 Å². The van der Waals surface area contributed by atoms with Crippen molar-refractivity contribution in [3.8, 4) is 0 Å². The summed E-state index contributed by atoms with van der Waals surface area (Å²) in [7, 11) is 0. The molecule has 2 unspecified atom stereocenters. The molecule has 0 radical (unpaired) electrons. The van der Waals surface area contributed by atoms with Crippen LogP contribution in [0.2, 0.25) is 0 Å². The molecule has 0 aliphatic rings. The summed E-state index contributed by atoms with van der Waals surface area (Å²) >= 11 is 0. The van der Waals surface area contributed by atoms with Crippen LogP contribution in [0.3, 0.4) is 0 Å². The zero-order chi connectivity index (χ0) is 42.8. The number of hydrogen-bond donors (Lipinski definition) is 3. The molecule has 0 aromatic heterocycles. The highest BCUT2D eigenvalue weighted by Gasteiger charge is 2.17. The molecule has 0 aliphatic carbocycles. The highest BCUT2D eigenvalue weighted by molar-refractivity contribution is 5.76. The molecule has 59 heavy (non-hydrogen) atoms. The Hall–Kier alpha value is -2.17. The molecule has 0 fully saturated rings. The molecule has 0 spiro atoms. The Labute approximate surface area is 368 Å². The lowest BCUT2D eigenvalue weighted by molar-refractivity contribution is -0.122. The van der Waals surface area contributed by atoms with Crippen LogP contribution in [0.15, 0.2) is 72.9 Å². The average Bonchev–Trinajstić information content (AvgIpc) is 3.24. The van der Waals surface area contributed by atoms with Crippen molar-refractivity contribution in [2.45, 2.75) is 264 Å². The lowest BCUT2D eigenvalue weighted by atomic mass is 10.0. The Balaban J connectivity index is 3.55. The van der Waals surface area contributed by atoms with E-state index in [2.05, 4.69) is 79.9 Å². The van der Waals surface area contributed by atoms with Gasteiger partial charge in [-0.15, -0.1) is 0 Å². The minimum atomic E-state index is -0.867. The highest BCUT2D eigenvalue weighted by Crippen LogP contribution is 2.17. The number of aliphatic hydroxyl groups excluding tert-OH is 2. The van der Waals surface area contributed by atoms with E-state index in [0.717, 1.165) is 57.8 Å². The molecular formula is C55H99NO3. The van der Waals surface area contributed by atoms with Crippen LogP contribution in [0.25, 0.3) is 0 Å². The lowest BCUT2D eigenvalue weighted by Gasteiger charge is -2.19. The molecule has 0 saturated heterocycles. The normalized spacial score (nSPS) is 13.5. The van der Waals surface area contributed by atoms with Crippen molar-refractivity contribution in [3.63, 3.8) is 0 Å². The van der Waals surface area contributed by atoms with Crippen molar-refractivity contribution in [2.24, 2.45) is 0 Å². The molecule has 342 valence electrons. The topological polar surface area (TPSA) is 69.6 Å². The van der Waals surface area contributed by atoms with Crippen LogP contribution < -0.4 is 5.32 Å². The summed E-state index contributed by atoms with van der Waals surface area (Å²) < 4.78 is 0. The molecule has 0 rings (SSSR count). The van der Waals surface area contributed by atoms with Gasteiger partial charge in [0.1, 0.15) is 0 Å². The van der Waals surface area contributed by atoms with Gasteiger partial charge in [0.25, 0.3) is 0 Å². The van der Waals surface area contributed by atoms with Crippen LogP contribution in [-0.2, 0) is 4.79 Å². The first-order chi connectivity index (χ1) is 29.2. The van der Waals surface area contributed by atoms with Gasteiger partial charge in [0.05, 0.1) is 18.8 Å². The second-order valence-corrected chi connectivity index (χ2v) is 17.2. The van der Waals surface area contributed by atoms with Crippen molar-refractivity contribution in [1.29, 1.82) is 0 Å². The number of carbonyl (C=O) groups is 1. The van der Waals surface area contributed by atoms with Gasteiger partial charge in [-0.2, -0.15) is 0 Å². The summed E-state index contributed by atoms with van der Waals surface area (Å²) in [5.74, 6) is -0.121. The van der Waals surface area contributed by atoms with Gasteiger partial charge >= 0.3 is 0 Å². The maximum atomic E-state index is 12.4. The summed E-state index contributed by atoms with van der Waals surface area (Å²) in [6.07, 6.45) is 72.0. The Morgan fingerprint density at radius 1 is 0.424 bits per heavy atom. The van der Waals surface area contributed by atoms with Crippen molar-refractivity contribution >= 4 is 5.91 Å². The number of rotatable bonds is 46. The predicted molar refractivity (Wildman–Crippen MR) is 262 cm³/mol. The second-order valence-electron chi connectivity index (χ2n) is 17.2. The van der Waals surface area contributed by atoms with Gasteiger partial charge in [0.15, 0.2) is 0 Å². The monoisotopic (exact) mass is 822 g/mol. The number of hydrogen-bond acceptors (Lipinski definition) is 3. The van der Waals surface area contributed by atoms with E-state index in [4.69, 9.17) is 0 Å². The minimum absolute atomic E-state index is 0.121. The predicted octanol–water partition coefficient (Wildman–Crippen LogP) is 16.6. The SMILES string of the molecule is CC/C=C\C/C=C\C/C=C\C/C=C\C/C=C\CCCC(=O)NC(CO)C(O)/C=C/CCCCCCCCCCCCCCCCCCCCCCCCCCCCCC. The molecule has 0 aromatic rings. The number of amides is 1. The van der Waals surface area contributed by atoms with Crippen LogP contribution in [0.5, 0.6) is 0 Å². The summed E-state index contributed by atoms with van der Waals surface area (Å²) in [5, 5.41) is 23.0. The Morgan fingerprint density at radius 3 is 1.10 bits per heavy atom. The van der Waals surface area contributed by atoms with Crippen molar-refractivity contribution in [3.05, 3.63) is 72.9 Å². The molecule has 0 saturated carbocycles. The molecule has 4 heteroatoms. The molecule has 0 heterocycles. The zero-order valence-corrected chi connectivity index (χ0v) is 39.3. The first-order valence-corrected chi connectivity index (χ1v) is 25.7. The van der Waals surface area contributed by atoms with Crippen molar-refractivity contribution in [1.82, 2.24) is 5.32 Å². The molecule has 0 aromatic carbocycles. The number of nitrogens with one attached hydrogen (secondary N) is 1. The summed E-state index contributed by atoms with van der Waals surface area (Å²) in [4.78, 5) is 12.4. The fraction of sp³-hybridized carbons (Fsp3) is 0.764. The van der Waals surface area contributed by atoms with E-state index in [1.54, 1.807) is 6.08 Å². The van der Waals surface area contributed by atoms with Crippen LogP contribution in [0.4, 0.5) is 0 Å². The average molecular weight is 822 g/mol. The molecule has 4 nitrogen and oxygen atoms in total. The molecule has 2 atom stereocenters. The lowest BCUT2D eigenvalue weighted by Crippen LogP contribution is -2.45. The third-order valence-electron chi connectivity index (χ3n) is 11.4. The quantitative estimate of drug-likeness (QED) is 0.0423. The first-order valence-electron chi connectivity index (χ1n) is 25.7. The number of carbonyl (C=O) groups excluding carboxylic acids is 1. The van der Waals surface area contributed by atoms with Gasteiger partial charge in [0.2, 0.25) is 5.91 Å². The third-order valence-corrected chi connectivity index (χ3v) is 11.4. The van der Waals surface area contributed by atoms with E-state index in [9.17, 15) is 15.0 Å². The molecule has 3 N–H and O–H groups in total. The van der Waals surface area contributed by atoms with Crippen molar-refractivity contribution < 1.29 is 15.0 Å². The van der Waals surface area contributed by atoms with Crippen molar-refractivity contribution in [2.75, 3.05) is 6.61 Å². The highest BCUT2D eigenvalue weighted by atomic mass is 16.3. The fourth-order valence-corrected chi connectivity index (χ4v) is 7.57. The molecule has 0 aliphatic heterocycles. The van der Waals surface area contributed by atoms with Gasteiger partial charge in [-0.05, 0) is 57.8 Å². The maximum Gasteiger partial charge on any atom is 0.220 e. The third kappa shape index (κ3) is 46.7. The van der Waals surface area contributed by atoms with E-state index in [-0.39, 0.29) is 12.5 Å². The smallest absolute Gasteiger partial charge is 0.220 e. The standard InChI is InChI=1S/C55H99NO3/c1-3-5-7-9-11-13-15-17-19-21-22-23-24-25-26-27-28-29-30-31-32-33-35-36-38-40-42-44-46-48-50-54(58)53(52-57)56-55(59)51-49-47-45-43-41-39-37-34-20-18-16-14-12-10-8-6-4-2/h6,8,12,14,18,20,37,39,43,45,48,50,53-54,57-58H,3-5,7,9-11,13,15-17,19,21-36,38,40-42,44,46-47,49,51-52H2,1-2H3,(H,56,59)/b8-6-,14-12-,20-18-,39-37-,45-43-,50-48+. The zero-order valence-electron chi connectivity index (χ0n) is 39.3. The Kier molecular flexibility index (Phi) is 48.3. The number of allylic oxidation sites excluding steroid dienone is 11. The van der Waals surface area contributed by atoms with Gasteiger partial charge < -0.3 is 15.5 Å². The van der Waals surface area contributed by atoms with E-state index in [1.165, 1.54) is 173 Å². The molecular weight excluding hydrogens is 723 g/mol. The summed E-state index contributed by atoms with van der Waals surface area (Å²) in [6.45, 7) is 4.18. The number of unbranched alkanes of at least 4 members (excludes halogenated alkanes) is 29. The van der Waals surface area contributed by atoms with Crippen LogP contribution in [-0.4, -0.2) is 34.9 Å². The van der Waals surface area contributed by atoms with E-state index < -0.39 is 12.1 Å². The largest absolute Gasteiger partial charge is 0.394 e. The van der Waals surface area contributed by atoms with Gasteiger partial charge in [-0.1, -0.05) is 260 Å².